The highest BCUT2D eigenvalue weighted by Gasteiger charge is 2.00. The molecule has 0 aliphatic heterocycles. The highest BCUT2D eigenvalue weighted by molar-refractivity contribution is 5.26. The van der Waals surface area contributed by atoms with E-state index in [1.54, 1.807) is 6.07 Å². The van der Waals surface area contributed by atoms with Crippen molar-refractivity contribution in [1.82, 2.24) is 5.32 Å². The van der Waals surface area contributed by atoms with E-state index in [-0.39, 0.29) is 5.82 Å². The van der Waals surface area contributed by atoms with Gasteiger partial charge >= 0.3 is 0 Å². The second kappa shape index (κ2) is 5.11. The summed E-state index contributed by atoms with van der Waals surface area (Å²) in [4.78, 5) is 0. The second-order valence-corrected chi connectivity index (χ2v) is 4.10. The molecule has 0 heterocycles. The molecule has 0 unspecified atom stereocenters. The largest absolute Gasteiger partial charge is 0.312 e. The average molecular weight is 195 g/mol. The Morgan fingerprint density at radius 2 is 2.07 bits per heavy atom. The zero-order chi connectivity index (χ0) is 10.6. The van der Waals surface area contributed by atoms with Gasteiger partial charge in [0.1, 0.15) is 5.82 Å². The summed E-state index contributed by atoms with van der Waals surface area (Å²) in [5, 5.41) is 3.30. The minimum Gasteiger partial charge on any atom is -0.312 e. The van der Waals surface area contributed by atoms with E-state index in [1.165, 1.54) is 6.07 Å². The molecule has 1 aromatic rings. The SMILES string of the molecule is Cc1ccc(F)cc1CNCC(C)C. The molecular formula is C12H18FN. The van der Waals surface area contributed by atoms with Crippen molar-refractivity contribution in [3.63, 3.8) is 0 Å². The fourth-order valence-corrected chi connectivity index (χ4v) is 1.33. The molecular weight excluding hydrogens is 177 g/mol. The Balaban J connectivity index is 2.53. The van der Waals surface area contributed by atoms with Crippen LogP contribution in [0.4, 0.5) is 4.39 Å². The molecule has 1 nitrogen and oxygen atoms in total. The fraction of sp³-hybridized carbons (Fsp3) is 0.500. The van der Waals surface area contributed by atoms with Crippen molar-refractivity contribution in [1.29, 1.82) is 0 Å². The van der Waals surface area contributed by atoms with Crippen molar-refractivity contribution in [2.75, 3.05) is 6.54 Å². The van der Waals surface area contributed by atoms with Crippen LogP contribution in [0.3, 0.4) is 0 Å². The molecule has 0 aliphatic rings. The molecule has 1 N–H and O–H groups in total. The summed E-state index contributed by atoms with van der Waals surface area (Å²) in [6.07, 6.45) is 0. The molecule has 2 heteroatoms. The van der Waals surface area contributed by atoms with Gasteiger partial charge in [-0.3, -0.25) is 0 Å². The normalized spacial score (nSPS) is 10.9. The van der Waals surface area contributed by atoms with Gasteiger partial charge in [-0.05, 0) is 42.6 Å². The van der Waals surface area contributed by atoms with Crippen LogP contribution >= 0.6 is 0 Å². The summed E-state index contributed by atoms with van der Waals surface area (Å²) in [5.74, 6) is 0.473. The minimum absolute atomic E-state index is 0.156. The van der Waals surface area contributed by atoms with Crippen LogP contribution < -0.4 is 5.32 Å². The number of rotatable bonds is 4. The third-order valence-electron chi connectivity index (χ3n) is 2.18. The van der Waals surface area contributed by atoms with Gasteiger partial charge < -0.3 is 5.32 Å². The molecule has 0 radical (unpaired) electrons. The lowest BCUT2D eigenvalue weighted by atomic mass is 10.1. The lowest BCUT2D eigenvalue weighted by Crippen LogP contribution is -2.19. The zero-order valence-electron chi connectivity index (χ0n) is 9.10. The molecule has 0 spiro atoms. The Kier molecular flexibility index (Phi) is 4.08. The molecule has 0 aromatic heterocycles. The number of aryl methyl sites for hydroxylation is 1. The van der Waals surface area contributed by atoms with Gasteiger partial charge in [0.2, 0.25) is 0 Å². The first-order valence-corrected chi connectivity index (χ1v) is 5.05. The van der Waals surface area contributed by atoms with Crippen LogP contribution in [0.2, 0.25) is 0 Å². The van der Waals surface area contributed by atoms with Crippen molar-refractivity contribution < 1.29 is 4.39 Å². The molecule has 0 atom stereocenters. The summed E-state index contributed by atoms with van der Waals surface area (Å²) in [5.41, 5.74) is 2.19. The predicted molar refractivity (Wildman–Crippen MR) is 57.7 cm³/mol. The Bertz CT molecular complexity index is 294. The van der Waals surface area contributed by atoms with Crippen LogP contribution in [-0.2, 0) is 6.54 Å². The molecule has 1 aromatic carbocycles. The molecule has 0 amide bonds. The third-order valence-corrected chi connectivity index (χ3v) is 2.18. The Morgan fingerprint density at radius 1 is 1.36 bits per heavy atom. The number of nitrogens with one attached hydrogen (secondary N) is 1. The first-order valence-electron chi connectivity index (χ1n) is 5.05. The van der Waals surface area contributed by atoms with E-state index < -0.39 is 0 Å². The van der Waals surface area contributed by atoms with Crippen molar-refractivity contribution in [3.05, 3.63) is 35.1 Å². The average Bonchev–Trinajstić information content (AvgIpc) is 2.10. The van der Waals surface area contributed by atoms with Gasteiger partial charge in [-0.1, -0.05) is 19.9 Å². The summed E-state index contributed by atoms with van der Waals surface area (Å²) in [6, 6.07) is 4.92. The van der Waals surface area contributed by atoms with Crippen LogP contribution in [0.15, 0.2) is 18.2 Å². The fourth-order valence-electron chi connectivity index (χ4n) is 1.33. The number of hydrogen-bond acceptors (Lipinski definition) is 1. The van der Waals surface area contributed by atoms with Crippen LogP contribution in [0.25, 0.3) is 0 Å². The summed E-state index contributed by atoms with van der Waals surface area (Å²) < 4.78 is 12.9. The quantitative estimate of drug-likeness (QED) is 0.779. The van der Waals surface area contributed by atoms with Gasteiger partial charge in [0.15, 0.2) is 0 Å². The smallest absolute Gasteiger partial charge is 0.123 e. The van der Waals surface area contributed by atoms with E-state index in [1.807, 2.05) is 13.0 Å². The molecule has 0 saturated carbocycles. The number of hydrogen-bond donors (Lipinski definition) is 1. The van der Waals surface area contributed by atoms with E-state index in [2.05, 4.69) is 19.2 Å². The number of halogens is 1. The molecule has 0 fully saturated rings. The van der Waals surface area contributed by atoms with Gasteiger partial charge in [0.05, 0.1) is 0 Å². The van der Waals surface area contributed by atoms with Gasteiger partial charge in [-0.2, -0.15) is 0 Å². The van der Waals surface area contributed by atoms with Crippen molar-refractivity contribution in [2.24, 2.45) is 5.92 Å². The van der Waals surface area contributed by atoms with E-state index in [4.69, 9.17) is 0 Å². The van der Waals surface area contributed by atoms with Crippen LogP contribution in [-0.4, -0.2) is 6.54 Å². The van der Waals surface area contributed by atoms with Crippen LogP contribution in [0.1, 0.15) is 25.0 Å². The maximum Gasteiger partial charge on any atom is 0.123 e. The highest BCUT2D eigenvalue weighted by atomic mass is 19.1. The Labute approximate surface area is 85.3 Å². The maximum atomic E-state index is 12.9. The van der Waals surface area contributed by atoms with Gasteiger partial charge in [-0.15, -0.1) is 0 Å². The molecule has 0 aliphatic carbocycles. The van der Waals surface area contributed by atoms with Crippen molar-refractivity contribution in [2.45, 2.75) is 27.3 Å². The number of benzene rings is 1. The first kappa shape index (κ1) is 11.2. The second-order valence-electron chi connectivity index (χ2n) is 4.10. The molecule has 0 saturated heterocycles. The molecule has 0 bridgehead atoms. The summed E-state index contributed by atoms with van der Waals surface area (Å²) in [7, 11) is 0. The minimum atomic E-state index is -0.156. The highest BCUT2D eigenvalue weighted by Crippen LogP contribution is 2.09. The first-order chi connectivity index (χ1) is 6.59. The Hall–Kier alpha value is -0.890. The zero-order valence-corrected chi connectivity index (χ0v) is 9.10. The van der Waals surface area contributed by atoms with Gasteiger partial charge in [0, 0.05) is 6.54 Å². The van der Waals surface area contributed by atoms with Crippen molar-refractivity contribution in [3.8, 4) is 0 Å². The van der Waals surface area contributed by atoms with Gasteiger partial charge in [0.25, 0.3) is 0 Å². The van der Waals surface area contributed by atoms with Crippen LogP contribution in [0, 0.1) is 18.7 Å². The van der Waals surface area contributed by atoms with Crippen LogP contribution in [0.5, 0.6) is 0 Å². The van der Waals surface area contributed by atoms with E-state index in [0.717, 1.165) is 24.2 Å². The predicted octanol–water partition coefficient (Wildman–Crippen LogP) is 2.88. The monoisotopic (exact) mass is 195 g/mol. The Morgan fingerprint density at radius 3 is 2.71 bits per heavy atom. The lowest BCUT2D eigenvalue weighted by Gasteiger charge is -2.09. The third kappa shape index (κ3) is 3.46. The van der Waals surface area contributed by atoms with Crippen molar-refractivity contribution >= 4 is 0 Å². The molecule has 78 valence electrons. The molecule has 1 rings (SSSR count). The van der Waals surface area contributed by atoms with E-state index in [0.29, 0.717) is 5.92 Å². The maximum absolute atomic E-state index is 12.9. The topological polar surface area (TPSA) is 12.0 Å². The summed E-state index contributed by atoms with van der Waals surface area (Å²) >= 11 is 0. The van der Waals surface area contributed by atoms with Gasteiger partial charge in [-0.25, -0.2) is 4.39 Å². The van der Waals surface area contributed by atoms with E-state index >= 15 is 0 Å². The van der Waals surface area contributed by atoms with E-state index in [9.17, 15) is 4.39 Å². The lowest BCUT2D eigenvalue weighted by molar-refractivity contribution is 0.549. The summed E-state index contributed by atoms with van der Waals surface area (Å²) in [6.45, 7) is 8.04. The standard InChI is InChI=1S/C12H18FN/c1-9(2)7-14-8-11-6-12(13)5-4-10(11)3/h4-6,9,14H,7-8H2,1-3H3. The molecule has 14 heavy (non-hydrogen) atoms.